The Balaban J connectivity index is 2.21. The zero-order chi connectivity index (χ0) is 10.3. The van der Waals surface area contributed by atoms with E-state index in [1.165, 1.54) is 0 Å². The van der Waals surface area contributed by atoms with E-state index in [0.717, 1.165) is 32.1 Å². The van der Waals surface area contributed by atoms with Crippen molar-refractivity contribution < 1.29 is 10.2 Å². The second-order valence-electron chi connectivity index (χ2n) is 5.63. The molecule has 1 unspecified atom stereocenters. The Hall–Kier alpha value is -0.0800. The van der Waals surface area contributed by atoms with Gasteiger partial charge >= 0.3 is 0 Å². The fourth-order valence-corrected chi connectivity index (χ4v) is 3.32. The maximum absolute atomic E-state index is 10.3. The molecule has 0 amide bonds. The van der Waals surface area contributed by atoms with E-state index in [2.05, 4.69) is 6.92 Å². The van der Waals surface area contributed by atoms with Crippen molar-refractivity contribution in [3.05, 3.63) is 0 Å². The predicted molar refractivity (Wildman–Crippen MR) is 55.9 cm³/mol. The number of hydrogen-bond acceptors (Lipinski definition) is 2. The van der Waals surface area contributed by atoms with Crippen LogP contribution in [-0.4, -0.2) is 21.9 Å². The molecule has 2 aliphatic carbocycles. The summed E-state index contributed by atoms with van der Waals surface area (Å²) in [7, 11) is 0. The lowest BCUT2D eigenvalue weighted by atomic mass is 9.76. The summed E-state index contributed by atoms with van der Waals surface area (Å²) < 4.78 is 0. The highest BCUT2D eigenvalue weighted by atomic mass is 16.3. The fourth-order valence-electron chi connectivity index (χ4n) is 3.32. The first-order valence-corrected chi connectivity index (χ1v) is 5.91. The summed E-state index contributed by atoms with van der Waals surface area (Å²) in [6, 6.07) is 0. The van der Waals surface area contributed by atoms with Crippen molar-refractivity contribution in [3.63, 3.8) is 0 Å². The Bertz CT molecular complexity index is 212. The van der Waals surface area contributed by atoms with Crippen molar-refractivity contribution in [1.82, 2.24) is 0 Å². The van der Waals surface area contributed by atoms with E-state index in [-0.39, 0.29) is 6.10 Å². The molecule has 0 aromatic carbocycles. The van der Waals surface area contributed by atoms with E-state index in [9.17, 15) is 10.2 Å². The van der Waals surface area contributed by atoms with Crippen molar-refractivity contribution in [2.75, 3.05) is 0 Å². The van der Waals surface area contributed by atoms with Gasteiger partial charge in [-0.15, -0.1) is 0 Å². The van der Waals surface area contributed by atoms with Gasteiger partial charge in [0, 0.05) is 0 Å². The molecule has 2 saturated carbocycles. The Morgan fingerprint density at radius 3 is 2.64 bits per heavy atom. The van der Waals surface area contributed by atoms with E-state index in [1.807, 2.05) is 6.92 Å². The molecule has 0 aliphatic heterocycles. The van der Waals surface area contributed by atoms with E-state index in [1.54, 1.807) is 0 Å². The van der Waals surface area contributed by atoms with Gasteiger partial charge in [0.05, 0.1) is 11.7 Å². The molecule has 2 heteroatoms. The van der Waals surface area contributed by atoms with Crippen LogP contribution in [0.3, 0.4) is 0 Å². The standard InChI is InChI=1S/C12H22O2/c1-8-7-10-4-3-9(11(8)13)5-6-12(10,2)14/h8-11,13-14H,3-7H2,1-2H3/t8?,9-,10-,11+,12+/m0/s1. The summed E-state index contributed by atoms with van der Waals surface area (Å²) in [6.45, 7) is 4.10. The average molecular weight is 198 g/mol. The van der Waals surface area contributed by atoms with Crippen molar-refractivity contribution in [3.8, 4) is 0 Å². The van der Waals surface area contributed by atoms with E-state index in [4.69, 9.17) is 0 Å². The second kappa shape index (κ2) is 3.49. The molecule has 2 aliphatic rings. The second-order valence-corrected chi connectivity index (χ2v) is 5.63. The molecule has 0 saturated heterocycles. The van der Waals surface area contributed by atoms with Gasteiger partial charge in [-0.05, 0) is 56.8 Å². The van der Waals surface area contributed by atoms with Crippen LogP contribution >= 0.6 is 0 Å². The largest absolute Gasteiger partial charge is 0.393 e. The zero-order valence-corrected chi connectivity index (χ0v) is 9.24. The maximum atomic E-state index is 10.3. The van der Waals surface area contributed by atoms with Gasteiger partial charge in [-0.3, -0.25) is 0 Å². The van der Waals surface area contributed by atoms with E-state index < -0.39 is 5.60 Å². The number of aliphatic hydroxyl groups is 2. The highest BCUT2D eigenvalue weighted by Crippen LogP contribution is 2.44. The molecule has 2 N–H and O–H groups in total. The number of aliphatic hydroxyl groups excluding tert-OH is 1. The minimum atomic E-state index is -0.483. The lowest BCUT2D eigenvalue weighted by molar-refractivity contribution is -0.0401. The maximum Gasteiger partial charge on any atom is 0.0648 e. The van der Waals surface area contributed by atoms with Gasteiger partial charge in [0.25, 0.3) is 0 Å². The predicted octanol–water partition coefficient (Wildman–Crippen LogP) is 1.94. The molecule has 2 nitrogen and oxygen atoms in total. The molecular weight excluding hydrogens is 176 g/mol. The van der Waals surface area contributed by atoms with Gasteiger partial charge in [0.2, 0.25) is 0 Å². The molecule has 0 spiro atoms. The Kier molecular flexibility index (Phi) is 2.61. The topological polar surface area (TPSA) is 40.5 Å². The van der Waals surface area contributed by atoms with Gasteiger partial charge in [-0.1, -0.05) is 6.92 Å². The van der Waals surface area contributed by atoms with E-state index >= 15 is 0 Å². The van der Waals surface area contributed by atoms with Gasteiger partial charge < -0.3 is 10.2 Å². The van der Waals surface area contributed by atoms with Crippen LogP contribution < -0.4 is 0 Å². The van der Waals surface area contributed by atoms with Crippen LogP contribution in [0.15, 0.2) is 0 Å². The molecule has 14 heavy (non-hydrogen) atoms. The number of rotatable bonds is 0. The van der Waals surface area contributed by atoms with Crippen LogP contribution in [0.2, 0.25) is 0 Å². The first kappa shape index (κ1) is 10.4. The Morgan fingerprint density at radius 1 is 1.21 bits per heavy atom. The first-order valence-electron chi connectivity index (χ1n) is 5.91. The molecule has 82 valence electrons. The van der Waals surface area contributed by atoms with Crippen LogP contribution in [0.5, 0.6) is 0 Å². The number of hydrogen-bond donors (Lipinski definition) is 2. The number of fused-ring (bicyclic) bond motifs is 3. The Morgan fingerprint density at radius 2 is 1.93 bits per heavy atom. The third kappa shape index (κ3) is 1.70. The molecule has 0 heterocycles. The molecule has 5 atom stereocenters. The highest BCUT2D eigenvalue weighted by Gasteiger charge is 2.42. The van der Waals surface area contributed by atoms with Crippen molar-refractivity contribution in [1.29, 1.82) is 0 Å². The molecule has 0 radical (unpaired) electrons. The molecule has 2 fully saturated rings. The zero-order valence-electron chi connectivity index (χ0n) is 9.24. The highest BCUT2D eigenvalue weighted by molar-refractivity contribution is 4.94. The minimum absolute atomic E-state index is 0.129. The minimum Gasteiger partial charge on any atom is -0.393 e. The third-order valence-corrected chi connectivity index (χ3v) is 4.51. The van der Waals surface area contributed by atoms with Crippen LogP contribution in [-0.2, 0) is 0 Å². The van der Waals surface area contributed by atoms with Gasteiger partial charge in [-0.2, -0.15) is 0 Å². The summed E-state index contributed by atoms with van der Waals surface area (Å²) in [4.78, 5) is 0. The van der Waals surface area contributed by atoms with Crippen LogP contribution in [0.4, 0.5) is 0 Å². The van der Waals surface area contributed by atoms with Crippen molar-refractivity contribution >= 4 is 0 Å². The fraction of sp³-hybridized carbons (Fsp3) is 1.00. The summed E-state index contributed by atoms with van der Waals surface area (Å²) in [5, 5.41) is 20.3. The van der Waals surface area contributed by atoms with E-state index in [0.29, 0.717) is 17.8 Å². The Labute approximate surface area is 86.3 Å². The summed E-state index contributed by atoms with van der Waals surface area (Å²) in [6.07, 6.45) is 4.92. The van der Waals surface area contributed by atoms with Crippen molar-refractivity contribution in [2.24, 2.45) is 17.8 Å². The molecule has 0 aromatic heterocycles. The van der Waals surface area contributed by atoms with Crippen LogP contribution in [0.25, 0.3) is 0 Å². The summed E-state index contributed by atoms with van der Waals surface area (Å²) in [5.41, 5.74) is -0.483. The third-order valence-electron chi connectivity index (χ3n) is 4.51. The van der Waals surface area contributed by atoms with Gasteiger partial charge in [0.15, 0.2) is 0 Å². The van der Waals surface area contributed by atoms with Crippen molar-refractivity contribution in [2.45, 2.75) is 57.7 Å². The average Bonchev–Trinajstić information content (AvgIpc) is 2.34. The molecule has 2 rings (SSSR count). The van der Waals surface area contributed by atoms with Crippen LogP contribution in [0, 0.1) is 17.8 Å². The van der Waals surface area contributed by atoms with Gasteiger partial charge in [0.1, 0.15) is 0 Å². The lowest BCUT2D eigenvalue weighted by Gasteiger charge is -2.36. The van der Waals surface area contributed by atoms with Crippen LogP contribution in [0.1, 0.15) is 46.0 Å². The first-order chi connectivity index (χ1) is 6.50. The summed E-state index contributed by atoms with van der Waals surface area (Å²) >= 11 is 0. The SMILES string of the molecule is CC1C[C@@H]2CC[C@@H](CC[C@@]2(C)O)[C@@H]1O. The summed E-state index contributed by atoms with van der Waals surface area (Å²) in [5.74, 6) is 1.20. The molecular formula is C12H22O2. The monoisotopic (exact) mass is 198 g/mol. The normalized spacial score (nSPS) is 54.0. The molecule has 0 aromatic rings. The lowest BCUT2D eigenvalue weighted by Crippen LogP contribution is -2.38. The van der Waals surface area contributed by atoms with Gasteiger partial charge in [-0.25, -0.2) is 0 Å². The smallest absolute Gasteiger partial charge is 0.0648 e. The quantitative estimate of drug-likeness (QED) is 0.624. The molecule has 2 bridgehead atoms.